The van der Waals surface area contributed by atoms with E-state index in [1.165, 1.54) is 43.6 Å². The number of hydrogen-bond donors (Lipinski definition) is 1. The fourth-order valence-corrected chi connectivity index (χ4v) is 5.59. The van der Waals surface area contributed by atoms with Crippen LogP contribution in [0, 0.1) is 19.8 Å². The van der Waals surface area contributed by atoms with Crippen LogP contribution in [0.5, 0.6) is 0 Å². The molecule has 0 radical (unpaired) electrons. The Hall–Kier alpha value is -1.73. The Balaban J connectivity index is 1.33. The van der Waals surface area contributed by atoms with Gasteiger partial charge in [-0.1, -0.05) is 18.0 Å². The first-order valence-corrected chi connectivity index (χ1v) is 11.4. The molecule has 1 saturated heterocycles. The third-order valence-corrected chi connectivity index (χ3v) is 7.16. The van der Waals surface area contributed by atoms with Crippen molar-refractivity contribution in [2.75, 3.05) is 26.2 Å². The predicted molar refractivity (Wildman–Crippen MR) is 111 cm³/mol. The number of carbonyl (C=O) groups is 1. The summed E-state index contributed by atoms with van der Waals surface area (Å²) in [7, 11) is 0. The molecular weight excluding hydrogens is 372 g/mol. The average molecular weight is 403 g/mol. The highest BCUT2D eigenvalue weighted by Crippen LogP contribution is 2.36. The Morgan fingerprint density at radius 1 is 1.25 bits per heavy atom. The minimum absolute atomic E-state index is 0.0382. The summed E-state index contributed by atoms with van der Waals surface area (Å²) >= 11 is 1.72. The summed E-state index contributed by atoms with van der Waals surface area (Å²) in [6, 6.07) is 0. The summed E-state index contributed by atoms with van der Waals surface area (Å²) in [6.45, 7) is 7.95. The van der Waals surface area contributed by atoms with E-state index in [1.54, 1.807) is 11.3 Å². The molecule has 0 bridgehead atoms. The number of fused-ring (bicyclic) bond motifs is 1. The van der Waals surface area contributed by atoms with E-state index in [1.807, 2.05) is 13.8 Å². The zero-order chi connectivity index (χ0) is 19.5. The quantitative estimate of drug-likeness (QED) is 0.829. The molecule has 2 aromatic heterocycles. The predicted octanol–water partition coefficient (Wildman–Crippen LogP) is 3.51. The fourth-order valence-electron chi connectivity index (χ4n) is 4.34. The van der Waals surface area contributed by atoms with Crippen LogP contribution in [-0.4, -0.2) is 47.1 Å². The molecule has 1 aliphatic heterocycles. The molecule has 1 aliphatic carbocycles. The highest BCUT2D eigenvalue weighted by molar-refractivity contribution is 7.15. The van der Waals surface area contributed by atoms with Crippen LogP contribution >= 0.6 is 11.3 Å². The van der Waals surface area contributed by atoms with Gasteiger partial charge in [-0.05, 0) is 52.6 Å². The first-order valence-electron chi connectivity index (χ1n) is 10.5. The zero-order valence-corrected chi connectivity index (χ0v) is 17.7. The number of nitrogens with one attached hydrogen (secondary N) is 1. The lowest BCUT2D eigenvalue weighted by Gasteiger charge is -2.23. The summed E-state index contributed by atoms with van der Waals surface area (Å²) in [5, 5.41) is 8.19. The molecule has 1 atom stereocenters. The van der Waals surface area contributed by atoms with E-state index in [0.29, 0.717) is 0 Å². The van der Waals surface area contributed by atoms with Crippen LogP contribution in [0.2, 0.25) is 0 Å². The van der Waals surface area contributed by atoms with Crippen LogP contribution in [0.1, 0.15) is 54.1 Å². The van der Waals surface area contributed by atoms with Crippen LogP contribution in [0.25, 0.3) is 10.6 Å². The van der Waals surface area contributed by atoms with Crippen LogP contribution < -0.4 is 5.32 Å². The average Bonchev–Trinajstić information content (AvgIpc) is 3.13. The van der Waals surface area contributed by atoms with Crippen molar-refractivity contribution in [2.24, 2.45) is 5.92 Å². The summed E-state index contributed by atoms with van der Waals surface area (Å²) < 4.78 is 5.29. The van der Waals surface area contributed by atoms with Gasteiger partial charge in [-0.2, -0.15) is 0 Å². The fraction of sp³-hybridized carbons (Fsp3) is 0.667. The molecular formula is C21H30N4O2S. The van der Waals surface area contributed by atoms with Gasteiger partial charge in [0.1, 0.15) is 10.8 Å². The van der Waals surface area contributed by atoms with E-state index in [9.17, 15) is 4.79 Å². The second-order valence-corrected chi connectivity index (χ2v) is 9.16. The number of carbonyl (C=O) groups excluding carboxylic acids is 1. The molecule has 0 spiro atoms. The second-order valence-electron chi connectivity index (χ2n) is 8.07. The van der Waals surface area contributed by atoms with Gasteiger partial charge in [0.2, 0.25) is 5.91 Å². The number of nitrogens with zero attached hydrogens (tertiary/aromatic N) is 3. The number of rotatable bonds is 5. The van der Waals surface area contributed by atoms with Gasteiger partial charge in [-0.25, -0.2) is 4.98 Å². The number of aromatic nitrogens is 2. The highest BCUT2D eigenvalue weighted by atomic mass is 32.1. The molecule has 4 rings (SSSR count). The highest BCUT2D eigenvalue weighted by Gasteiger charge is 2.28. The molecule has 6 nitrogen and oxygen atoms in total. The van der Waals surface area contributed by atoms with E-state index in [-0.39, 0.29) is 11.8 Å². The Bertz CT molecular complexity index is 801. The lowest BCUT2D eigenvalue weighted by Crippen LogP contribution is -2.39. The van der Waals surface area contributed by atoms with Gasteiger partial charge in [0.15, 0.2) is 0 Å². The van der Waals surface area contributed by atoms with Gasteiger partial charge >= 0.3 is 0 Å². The van der Waals surface area contributed by atoms with Crippen molar-refractivity contribution in [1.82, 2.24) is 20.4 Å². The summed E-state index contributed by atoms with van der Waals surface area (Å²) in [5.74, 6) is 1.04. The van der Waals surface area contributed by atoms with Crippen molar-refractivity contribution >= 4 is 17.2 Å². The van der Waals surface area contributed by atoms with Crippen molar-refractivity contribution < 1.29 is 9.32 Å². The molecule has 0 saturated carbocycles. The van der Waals surface area contributed by atoms with Crippen molar-refractivity contribution in [3.63, 3.8) is 0 Å². The van der Waals surface area contributed by atoms with Gasteiger partial charge < -0.3 is 14.7 Å². The van der Waals surface area contributed by atoms with E-state index in [2.05, 4.69) is 15.4 Å². The lowest BCUT2D eigenvalue weighted by molar-refractivity contribution is -0.125. The maximum atomic E-state index is 12.7. The van der Waals surface area contributed by atoms with Gasteiger partial charge in [0, 0.05) is 30.3 Å². The molecule has 7 heteroatoms. The molecule has 2 aliphatic rings. The van der Waals surface area contributed by atoms with Crippen LogP contribution in [0.4, 0.5) is 0 Å². The summed E-state index contributed by atoms with van der Waals surface area (Å²) in [5.41, 5.74) is 2.98. The number of thiazole rings is 1. The van der Waals surface area contributed by atoms with Crippen molar-refractivity contribution in [3.8, 4) is 10.6 Å². The SMILES string of the molecule is Cc1noc(C)c1-c1nc2c(s1)CCC(C(=O)NCCN1CCCCCC1)C2. The molecule has 3 heterocycles. The molecule has 1 fully saturated rings. The topological polar surface area (TPSA) is 71.3 Å². The van der Waals surface area contributed by atoms with Crippen LogP contribution in [-0.2, 0) is 17.6 Å². The first-order chi connectivity index (χ1) is 13.6. The number of hydrogen-bond acceptors (Lipinski definition) is 6. The van der Waals surface area contributed by atoms with Gasteiger partial charge in [-0.15, -0.1) is 11.3 Å². The van der Waals surface area contributed by atoms with Crippen molar-refractivity contribution in [1.29, 1.82) is 0 Å². The minimum Gasteiger partial charge on any atom is -0.361 e. The number of amides is 1. The van der Waals surface area contributed by atoms with E-state index >= 15 is 0 Å². The Kier molecular flexibility index (Phi) is 6.11. The van der Waals surface area contributed by atoms with E-state index in [0.717, 1.165) is 60.1 Å². The normalized spacial score (nSPS) is 20.6. The van der Waals surface area contributed by atoms with Gasteiger partial charge in [0.05, 0.1) is 17.0 Å². The standard InChI is InChI=1S/C21H30N4O2S/c1-14-19(15(2)27-24-14)21-23-17-13-16(7-8-18(17)28-21)20(26)22-9-12-25-10-5-3-4-6-11-25/h16H,3-13H2,1-2H3,(H,22,26). The molecule has 28 heavy (non-hydrogen) atoms. The molecule has 1 amide bonds. The molecule has 1 N–H and O–H groups in total. The first kappa shape index (κ1) is 19.6. The smallest absolute Gasteiger partial charge is 0.223 e. The van der Waals surface area contributed by atoms with E-state index < -0.39 is 0 Å². The summed E-state index contributed by atoms with van der Waals surface area (Å²) in [4.78, 5) is 21.3. The van der Waals surface area contributed by atoms with Crippen molar-refractivity contribution in [3.05, 3.63) is 22.0 Å². The third kappa shape index (κ3) is 4.30. The zero-order valence-electron chi connectivity index (χ0n) is 16.9. The van der Waals surface area contributed by atoms with Gasteiger partial charge in [-0.3, -0.25) is 4.79 Å². The van der Waals surface area contributed by atoms with E-state index in [4.69, 9.17) is 9.51 Å². The minimum atomic E-state index is 0.0382. The van der Waals surface area contributed by atoms with Gasteiger partial charge in [0.25, 0.3) is 0 Å². The maximum absolute atomic E-state index is 12.7. The third-order valence-electron chi connectivity index (χ3n) is 5.98. The Morgan fingerprint density at radius 2 is 2.04 bits per heavy atom. The number of likely N-dealkylation sites (tertiary alicyclic amines) is 1. The Morgan fingerprint density at radius 3 is 2.75 bits per heavy atom. The van der Waals surface area contributed by atoms with Crippen LogP contribution in [0.3, 0.4) is 0 Å². The monoisotopic (exact) mass is 402 g/mol. The number of aryl methyl sites for hydroxylation is 3. The molecule has 2 aromatic rings. The second kappa shape index (κ2) is 8.74. The molecule has 152 valence electrons. The van der Waals surface area contributed by atoms with Crippen LogP contribution in [0.15, 0.2) is 4.52 Å². The Labute approximate surface area is 170 Å². The molecule has 1 unspecified atom stereocenters. The molecule has 0 aromatic carbocycles. The lowest BCUT2D eigenvalue weighted by atomic mass is 9.90. The van der Waals surface area contributed by atoms with Crippen molar-refractivity contribution in [2.45, 2.75) is 58.8 Å². The largest absolute Gasteiger partial charge is 0.361 e. The maximum Gasteiger partial charge on any atom is 0.223 e. The summed E-state index contributed by atoms with van der Waals surface area (Å²) in [6.07, 6.45) is 7.85.